The monoisotopic (exact) mass is 626 g/mol. The number of nitrogens with one attached hydrogen (secondary N) is 1. The molecule has 0 atom stereocenters. The highest BCUT2D eigenvalue weighted by Crippen LogP contribution is 2.52. The first-order valence-electron chi connectivity index (χ1n) is 16.9. The third kappa shape index (κ3) is 3.42. The van der Waals surface area contributed by atoms with Gasteiger partial charge in [-0.25, -0.2) is 9.97 Å². The maximum Gasteiger partial charge on any atom is 0.235 e. The molecule has 0 spiro atoms. The molecule has 0 amide bonds. The molecule has 1 aliphatic carbocycles. The van der Waals surface area contributed by atoms with Gasteiger partial charge in [-0.2, -0.15) is 0 Å². The van der Waals surface area contributed by atoms with Crippen molar-refractivity contribution < 1.29 is 0 Å². The van der Waals surface area contributed by atoms with Crippen LogP contribution in [-0.4, -0.2) is 19.5 Å². The summed E-state index contributed by atoms with van der Waals surface area (Å²) in [6.45, 7) is 4.67. The molecular formula is C45H30N4. The van der Waals surface area contributed by atoms with Gasteiger partial charge in [-0.15, -0.1) is 0 Å². The summed E-state index contributed by atoms with van der Waals surface area (Å²) in [5, 5.41) is 8.37. The second-order valence-corrected chi connectivity index (χ2v) is 13.8. The molecule has 0 bridgehead atoms. The lowest BCUT2D eigenvalue weighted by atomic mass is 9.81. The summed E-state index contributed by atoms with van der Waals surface area (Å²) in [6.07, 6.45) is 0. The molecule has 0 saturated heterocycles. The molecule has 0 fully saturated rings. The average molecular weight is 627 g/mol. The maximum atomic E-state index is 5.63. The lowest BCUT2D eigenvalue weighted by Gasteiger charge is -2.23. The van der Waals surface area contributed by atoms with Gasteiger partial charge in [0.25, 0.3) is 0 Å². The van der Waals surface area contributed by atoms with Crippen molar-refractivity contribution in [2.45, 2.75) is 19.3 Å². The fourth-order valence-corrected chi connectivity index (χ4v) is 8.83. The number of nitrogens with zero attached hydrogens (tertiary/aromatic N) is 3. The molecule has 10 aromatic rings. The maximum absolute atomic E-state index is 5.63. The SMILES string of the molecule is CC1(C)c2ccccc2-c2ccc3c(-c4ccccc4)nc(-n4c5ccccc5c5c6ccccc6c6c7ccccc7[nH]c6c54)nc3c21. The predicted octanol–water partition coefficient (Wildman–Crippen LogP) is 11.5. The molecule has 0 saturated carbocycles. The van der Waals surface area contributed by atoms with Crippen LogP contribution in [-0.2, 0) is 5.41 Å². The Morgan fingerprint density at radius 1 is 0.551 bits per heavy atom. The Labute approximate surface area is 282 Å². The Bertz CT molecular complexity index is 3020. The van der Waals surface area contributed by atoms with Crippen LogP contribution in [0.1, 0.15) is 25.0 Å². The zero-order valence-electron chi connectivity index (χ0n) is 27.1. The van der Waals surface area contributed by atoms with Gasteiger partial charge in [-0.05, 0) is 51.2 Å². The van der Waals surface area contributed by atoms with Gasteiger partial charge in [0.2, 0.25) is 5.95 Å². The lowest BCUT2D eigenvalue weighted by Crippen LogP contribution is -2.16. The fourth-order valence-electron chi connectivity index (χ4n) is 8.83. The van der Waals surface area contributed by atoms with Crippen LogP contribution in [0.15, 0.2) is 140 Å². The molecule has 4 nitrogen and oxygen atoms in total. The zero-order chi connectivity index (χ0) is 32.4. The molecule has 0 aliphatic heterocycles. The second kappa shape index (κ2) is 9.42. The number of benzene rings is 7. The number of aromatic nitrogens is 4. The van der Waals surface area contributed by atoms with E-state index in [-0.39, 0.29) is 5.41 Å². The Morgan fingerprint density at radius 3 is 2.06 bits per heavy atom. The van der Waals surface area contributed by atoms with Crippen molar-refractivity contribution in [3.05, 3.63) is 151 Å². The van der Waals surface area contributed by atoms with Crippen LogP contribution in [0.25, 0.3) is 93.6 Å². The van der Waals surface area contributed by atoms with Gasteiger partial charge in [0.1, 0.15) is 0 Å². The summed E-state index contributed by atoms with van der Waals surface area (Å²) >= 11 is 0. The number of hydrogen-bond acceptors (Lipinski definition) is 2. The number of rotatable bonds is 2. The van der Waals surface area contributed by atoms with Crippen LogP contribution < -0.4 is 0 Å². The topological polar surface area (TPSA) is 46.5 Å². The van der Waals surface area contributed by atoms with Gasteiger partial charge in [-0.1, -0.05) is 135 Å². The Hall–Kier alpha value is -6.26. The summed E-state index contributed by atoms with van der Waals surface area (Å²) in [4.78, 5) is 15.0. The lowest BCUT2D eigenvalue weighted by molar-refractivity contribution is 0.664. The van der Waals surface area contributed by atoms with Gasteiger partial charge >= 0.3 is 0 Å². The van der Waals surface area contributed by atoms with Crippen molar-refractivity contribution in [3.63, 3.8) is 0 Å². The standard InChI is InChI=1S/C45H30N4/c1-45(2)34-21-11-8-16-27(34)30-24-25-33-40(26-14-4-3-5-15-26)47-44(48-41(33)39(30)45)49-36-23-13-10-20-32(36)38-29-18-7-6-17-28(29)37-31-19-9-12-22-35(31)46-42(37)43(38)49/h3-25,46H,1-2H3. The van der Waals surface area contributed by atoms with E-state index in [1.165, 1.54) is 54.6 Å². The molecule has 1 aliphatic rings. The van der Waals surface area contributed by atoms with Crippen LogP contribution in [0.2, 0.25) is 0 Å². The first kappa shape index (κ1) is 26.8. The molecule has 3 heterocycles. The van der Waals surface area contributed by atoms with Gasteiger partial charge < -0.3 is 4.98 Å². The molecule has 49 heavy (non-hydrogen) atoms. The smallest absolute Gasteiger partial charge is 0.235 e. The number of aromatic amines is 1. The van der Waals surface area contributed by atoms with E-state index in [1.54, 1.807) is 0 Å². The summed E-state index contributed by atoms with van der Waals surface area (Å²) in [5.74, 6) is 0.674. The number of fused-ring (bicyclic) bond motifs is 15. The van der Waals surface area contributed by atoms with Crippen LogP contribution in [0.5, 0.6) is 0 Å². The largest absolute Gasteiger partial charge is 0.353 e. The number of para-hydroxylation sites is 2. The highest BCUT2D eigenvalue weighted by Gasteiger charge is 2.38. The summed E-state index contributed by atoms with van der Waals surface area (Å²) in [7, 11) is 0. The molecule has 230 valence electrons. The van der Waals surface area contributed by atoms with Crippen molar-refractivity contribution in [1.82, 2.24) is 19.5 Å². The van der Waals surface area contributed by atoms with E-state index >= 15 is 0 Å². The summed E-state index contributed by atoms with van der Waals surface area (Å²) in [6, 6.07) is 50.1. The van der Waals surface area contributed by atoms with Crippen LogP contribution in [0.4, 0.5) is 0 Å². The van der Waals surface area contributed by atoms with Crippen LogP contribution in [0.3, 0.4) is 0 Å². The fraction of sp³-hybridized carbons (Fsp3) is 0.0667. The molecular weight excluding hydrogens is 597 g/mol. The quantitative estimate of drug-likeness (QED) is 0.207. The minimum Gasteiger partial charge on any atom is -0.353 e. The minimum atomic E-state index is -0.230. The van der Waals surface area contributed by atoms with Crippen molar-refractivity contribution in [2.75, 3.05) is 0 Å². The molecule has 1 N–H and O–H groups in total. The Kier molecular flexibility index (Phi) is 5.15. The molecule has 7 aromatic carbocycles. The molecule has 0 unspecified atom stereocenters. The van der Waals surface area contributed by atoms with E-state index in [9.17, 15) is 0 Å². The van der Waals surface area contributed by atoms with E-state index < -0.39 is 0 Å². The van der Waals surface area contributed by atoms with Gasteiger partial charge in [0, 0.05) is 43.4 Å². The van der Waals surface area contributed by atoms with Crippen molar-refractivity contribution in [3.8, 4) is 28.3 Å². The van der Waals surface area contributed by atoms with Gasteiger partial charge in [-0.3, -0.25) is 4.57 Å². The molecule has 0 radical (unpaired) electrons. The summed E-state index contributed by atoms with van der Waals surface area (Å²) in [5.41, 5.74) is 12.3. The van der Waals surface area contributed by atoms with E-state index in [1.807, 2.05) is 0 Å². The van der Waals surface area contributed by atoms with E-state index in [0.717, 1.165) is 44.2 Å². The predicted molar refractivity (Wildman–Crippen MR) is 204 cm³/mol. The second-order valence-electron chi connectivity index (χ2n) is 13.8. The third-order valence-corrected chi connectivity index (χ3v) is 10.9. The highest BCUT2D eigenvalue weighted by atomic mass is 15.2. The molecule has 11 rings (SSSR count). The van der Waals surface area contributed by atoms with Crippen molar-refractivity contribution in [2.24, 2.45) is 0 Å². The van der Waals surface area contributed by atoms with Crippen molar-refractivity contribution in [1.29, 1.82) is 0 Å². The Balaban J connectivity index is 1.37. The normalized spacial score (nSPS) is 13.7. The third-order valence-electron chi connectivity index (χ3n) is 10.9. The number of H-pyrrole nitrogens is 1. The van der Waals surface area contributed by atoms with Gasteiger partial charge in [0.05, 0.1) is 27.8 Å². The van der Waals surface area contributed by atoms with Crippen LogP contribution in [0, 0.1) is 0 Å². The molecule has 3 aromatic heterocycles. The van der Waals surface area contributed by atoms with E-state index in [0.29, 0.717) is 5.95 Å². The van der Waals surface area contributed by atoms with Crippen molar-refractivity contribution >= 4 is 65.3 Å². The zero-order valence-corrected chi connectivity index (χ0v) is 27.1. The Morgan fingerprint density at radius 2 is 1.22 bits per heavy atom. The average Bonchev–Trinajstić information content (AvgIpc) is 3.78. The first-order valence-corrected chi connectivity index (χ1v) is 16.9. The first-order chi connectivity index (χ1) is 24.1. The molecule has 4 heteroatoms. The minimum absolute atomic E-state index is 0.230. The highest BCUT2D eigenvalue weighted by molar-refractivity contribution is 6.35. The van der Waals surface area contributed by atoms with Crippen LogP contribution >= 0.6 is 0 Å². The van der Waals surface area contributed by atoms with Gasteiger partial charge in [0.15, 0.2) is 0 Å². The summed E-state index contributed by atoms with van der Waals surface area (Å²) < 4.78 is 2.31. The van der Waals surface area contributed by atoms with E-state index in [4.69, 9.17) is 9.97 Å². The van der Waals surface area contributed by atoms with E-state index in [2.05, 4.69) is 163 Å². The number of hydrogen-bond donors (Lipinski definition) is 1.